The first kappa shape index (κ1) is 16.6. The highest BCUT2D eigenvalue weighted by Crippen LogP contribution is 2.20. The second-order valence-electron chi connectivity index (χ2n) is 5.68. The molecule has 1 aromatic carbocycles. The Morgan fingerprint density at radius 2 is 2.00 bits per heavy atom. The zero-order chi connectivity index (χ0) is 15.0. The number of ether oxygens (including phenoxy) is 1. The van der Waals surface area contributed by atoms with E-state index in [-0.39, 0.29) is 6.10 Å². The van der Waals surface area contributed by atoms with Crippen LogP contribution in [-0.4, -0.2) is 23.1 Å². The van der Waals surface area contributed by atoms with E-state index in [4.69, 9.17) is 4.74 Å². The van der Waals surface area contributed by atoms with Gasteiger partial charge in [0.1, 0.15) is 6.29 Å². The molecule has 1 aromatic rings. The van der Waals surface area contributed by atoms with Gasteiger partial charge in [-0.3, -0.25) is 4.79 Å². The Kier molecular flexibility index (Phi) is 6.62. The van der Waals surface area contributed by atoms with E-state index in [0.717, 1.165) is 17.4 Å². The molecule has 0 aliphatic carbocycles. The molecule has 3 heteroatoms. The van der Waals surface area contributed by atoms with E-state index in [1.54, 1.807) is 13.8 Å². The SMILES string of the molecule is C/C(=C/C=O)[C@H](CCC(C)(C)O)OCc1ccccc1. The van der Waals surface area contributed by atoms with Crippen molar-refractivity contribution < 1.29 is 14.6 Å². The Bertz CT molecular complexity index is 429. The van der Waals surface area contributed by atoms with Gasteiger partial charge in [0.25, 0.3) is 0 Å². The fourth-order valence-electron chi connectivity index (χ4n) is 1.91. The molecule has 0 spiro atoms. The largest absolute Gasteiger partial charge is 0.390 e. The van der Waals surface area contributed by atoms with Crippen LogP contribution in [0.15, 0.2) is 42.0 Å². The van der Waals surface area contributed by atoms with Crippen molar-refractivity contribution >= 4 is 6.29 Å². The Morgan fingerprint density at radius 1 is 1.35 bits per heavy atom. The summed E-state index contributed by atoms with van der Waals surface area (Å²) in [6.07, 6.45) is 3.47. The van der Waals surface area contributed by atoms with E-state index in [2.05, 4.69) is 0 Å². The average Bonchev–Trinajstić information content (AvgIpc) is 2.39. The van der Waals surface area contributed by atoms with Crippen LogP contribution in [0.4, 0.5) is 0 Å². The number of aliphatic hydroxyl groups is 1. The smallest absolute Gasteiger partial charge is 0.142 e. The maximum atomic E-state index is 10.6. The van der Waals surface area contributed by atoms with Gasteiger partial charge >= 0.3 is 0 Å². The minimum absolute atomic E-state index is 0.146. The lowest BCUT2D eigenvalue weighted by Gasteiger charge is -2.23. The van der Waals surface area contributed by atoms with Crippen molar-refractivity contribution in [1.82, 2.24) is 0 Å². The van der Waals surface area contributed by atoms with Crippen LogP contribution in [0.5, 0.6) is 0 Å². The fourth-order valence-corrected chi connectivity index (χ4v) is 1.91. The summed E-state index contributed by atoms with van der Waals surface area (Å²) >= 11 is 0. The monoisotopic (exact) mass is 276 g/mol. The number of hydrogen-bond acceptors (Lipinski definition) is 3. The molecule has 0 saturated heterocycles. The molecule has 1 atom stereocenters. The molecule has 110 valence electrons. The molecule has 20 heavy (non-hydrogen) atoms. The summed E-state index contributed by atoms with van der Waals surface area (Å²) in [6.45, 7) is 5.94. The maximum absolute atomic E-state index is 10.6. The van der Waals surface area contributed by atoms with E-state index in [9.17, 15) is 9.90 Å². The Hall–Kier alpha value is -1.45. The number of hydrogen-bond donors (Lipinski definition) is 1. The Morgan fingerprint density at radius 3 is 2.55 bits per heavy atom. The second kappa shape index (κ2) is 7.98. The van der Waals surface area contributed by atoms with Gasteiger partial charge in [0.15, 0.2) is 0 Å². The van der Waals surface area contributed by atoms with Crippen LogP contribution in [0.25, 0.3) is 0 Å². The van der Waals surface area contributed by atoms with Crippen LogP contribution in [0.1, 0.15) is 39.2 Å². The topological polar surface area (TPSA) is 46.5 Å². The molecule has 0 unspecified atom stereocenters. The zero-order valence-corrected chi connectivity index (χ0v) is 12.5. The lowest BCUT2D eigenvalue weighted by Crippen LogP contribution is -2.23. The lowest BCUT2D eigenvalue weighted by atomic mass is 9.97. The van der Waals surface area contributed by atoms with Crippen LogP contribution in [-0.2, 0) is 16.1 Å². The molecular weight excluding hydrogens is 252 g/mol. The summed E-state index contributed by atoms with van der Waals surface area (Å²) in [5, 5.41) is 9.82. The molecule has 0 saturated carbocycles. The highest BCUT2D eigenvalue weighted by atomic mass is 16.5. The summed E-state index contributed by atoms with van der Waals surface area (Å²) in [7, 11) is 0. The van der Waals surface area contributed by atoms with E-state index >= 15 is 0 Å². The lowest BCUT2D eigenvalue weighted by molar-refractivity contribution is -0.104. The zero-order valence-electron chi connectivity index (χ0n) is 12.5. The molecule has 0 aromatic heterocycles. The summed E-state index contributed by atoms with van der Waals surface area (Å²) in [5.41, 5.74) is 1.26. The Balaban J connectivity index is 2.63. The fraction of sp³-hybridized carbons (Fsp3) is 0.471. The highest BCUT2D eigenvalue weighted by molar-refractivity contribution is 5.66. The molecule has 0 aliphatic heterocycles. The van der Waals surface area contributed by atoms with E-state index < -0.39 is 5.60 Å². The summed E-state index contributed by atoms with van der Waals surface area (Å²) in [4.78, 5) is 10.6. The van der Waals surface area contributed by atoms with Gasteiger partial charge in [-0.15, -0.1) is 0 Å². The Labute approximate surface area is 121 Å². The third kappa shape index (κ3) is 6.64. The van der Waals surface area contributed by atoms with Gasteiger partial charge in [0.2, 0.25) is 0 Å². The quantitative estimate of drug-likeness (QED) is 0.585. The normalized spacial score (nSPS) is 14.1. The van der Waals surface area contributed by atoms with Gasteiger partial charge in [-0.05, 0) is 50.8 Å². The van der Waals surface area contributed by atoms with Crippen LogP contribution in [0.2, 0.25) is 0 Å². The average molecular weight is 276 g/mol. The van der Waals surface area contributed by atoms with Crippen molar-refractivity contribution in [2.75, 3.05) is 0 Å². The van der Waals surface area contributed by atoms with Crippen LogP contribution < -0.4 is 0 Å². The van der Waals surface area contributed by atoms with Crippen molar-refractivity contribution in [1.29, 1.82) is 0 Å². The molecular formula is C17H24O3. The van der Waals surface area contributed by atoms with Gasteiger partial charge in [-0.25, -0.2) is 0 Å². The van der Waals surface area contributed by atoms with E-state index in [0.29, 0.717) is 19.4 Å². The van der Waals surface area contributed by atoms with Gasteiger partial charge in [0.05, 0.1) is 18.3 Å². The number of carbonyl (C=O) groups excluding carboxylic acids is 1. The van der Waals surface area contributed by atoms with Crippen LogP contribution in [0, 0.1) is 0 Å². The van der Waals surface area contributed by atoms with Gasteiger partial charge in [-0.2, -0.15) is 0 Å². The molecule has 3 nitrogen and oxygen atoms in total. The minimum atomic E-state index is -0.726. The van der Waals surface area contributed by atoms with Gasteiger partial charge < -0.3 is 9.84 Å². The van der Waals surface area contributed by atoms with Crippen molar-refractivity contribution in [2.24, 2.45) is 0 Å². The number of benzene rings is 1. The molecule has 0 fully saturated rings. The first-order valence-electron chi connectivity index (χ1n) is 6.92. The standard InChI is InChI=1S/C17H24O3/c1-14(10-12-18)16(9-11-17(2,3)19)20-13-15-7-5-4-6-8-15/h4-8,10,12,16,19H,9,11,13H2,1-3H3/b14-10-/t16-/m0/s1. The van der Waals surface area contributed by atoms with Crippen molar-refractivity contribution in [2.45, 2.75) is 51.9 Å². The van der Waals surface area contributed by atoms with E-state index in [1.807, 2.05) is 37.3 Å². The molecule has 0 bridgehead atoms. The molecule has 0 radical (unpaired) electrons. The molecule has 0 aliphatic rings. The third-order valence-corrected chi connectivity index (χ3v) is 3.15. The molecule has 1 rings (SSSR count). The first-order chi connectivity index (χ1) is 9.42. The molecule has 0 amide bonds. The summed E-state index contributed by atoms with van der Waals surface area (Å²) < 4.78 is 5.90. The highest BCUT2D eigenvalue weighted by Gasteiger charge is 2.18. The third-order valence-electron chi connectivity index (χ3n) is 3.15. The predicted octanol–water partition coefficient (Wildman–Crippen LogP) is 3.27. The first-order valence-corrected chi connectivity index (χ1v) is 6.92. The van der Waals surface area contributed by atoms with Crippen molar-refractivity contribution in [3.63, 3.8) is 0 Å². The van der Waals surface area contributed by atoms with Crippen LogP contribution >= 0.6 is 0 Å². The maximum Gasteiger partial charge on any atom is 0.142 e. The van der Waals surface area contributed by atoms with Gasteiger partial charge in [0, 0.05) is 0 Å². The second-order valence-corrected chi connectivity index (χ2v) is 5.68. The van der Waals surface area contributed by atoms with Crippen LogP contribution in [0.3, 0.4) is 0 Å². The van der Waals surface area contributed by atoms with Gasteiger partial charge in [-0.1, -0.05) is 30.3 Å². The summed E-state index contributed by atoms with van der Waals surface area (Å²) in [6, 6.07) is 9.92. The number of carbonyl (C=O) groups is 1. The predicted molar refractivity (Wildman–Crippen MR) is 80.4 cm³/mol. The summed E-state index contributed by atoms with van der Waals surface area (Å²) in [5.74, 6) is 0. The number of allylic oxidation sites excluding steroid dienone is 1. The van der Waals surface area contributed by atoms with Crippen molar-refractivity contribution in [3.8, 4) is 0 Å². The molecule has 1 N–H and O–H groups in total. The number of rotatable bonds is 8. The van der Waals surface area contributed by atoms with E-state index in [1.165, 1.54) is 6.08 Å². The number of aldehydes is 1. The molecule has 0 heterocycles. The minimum Gasteiger partial charge on any atom is -0.390 e. The van der Waals surface area contributed by atoms with Crippen molar-refractivity contribution in [3.05, 3.63) is 47.5 Å².